The predicted molar refractivity (Wildman–Crippen MR) is 66.3 cm³/mol. The van der Waals surface area contributed by atoms with Crippen molar-refractivity contribution < 1.29 is 14.0 Å². The molecule has 1 aliphatic rings. The van der Waals surface area contributed by atoms with Crippen LogP contribution in [0.3, 0.4) is 0 Å². The fraction of sp³-hybridized carbons (Fsp3) is 0.538. The first-order valence-electron chi connectivity index (χ1n) is 6.21. The van der Waals surface area contributed by atoms with Crippen LogP contribution in [0.4, 0.5) is 0 Å². The Hall–Kier alpha value is -1.78. The number of amides is 2. The van der Waals surface area contributed by atoms with Gasteiger partial charge in [-0.25, -0.2) is 0 Å². The van der Waals surface area contributed by atoms with Crippen molar-refractivity contribution in [1.29, 1.82) is 0 Å². The number of nitrogens with one attached hydrogen (secondary N) is 1. The van der Waals surface area contributed by atoms with E-state index in [1.807, 2.05) is 0 Å². The molecule has 1 N–H and O–H groups in total. The summed E-state index contributed by atoms with van der Waals surface area (Å²) in [5, 5.41) is 2.64. The van der Waals surface area contributed by atoms with E-state index >= 15 is 0 Å². The maximum absolute atomic E-state index is 11.9. The Labute approximate surface area is 106 Å². The molecule has 0 spiro atoms. The van der Waals surface area contributed by atoms with Gasteiger partial charge in [0.15, 0.2) is 0 Å². The standard InChI is InChI=1S/C13H18N2O3/c1-9-7-11(10(2)18-9)13(17)14-8-12(16)15-5-3-4-6-15/h7H,3-6,8H2,1-2H3,(H,14,17). The Kier molecular flexibility index (Phi) is 3.69. The molecule has 2 amide bonds. The molecule has 0 aliphatic carbocycles. The van der Waals surface area contributed by atoms with Crippen molar-refractivity contribution >= 4 is 11.8 Å². The smallest absolute Gasteiger partial charge is 0.255 e. The molecule has 18 heavy (non-hydrogen) atoms. The Bertz CT molecular complexity index is 459. The molecule has 0 radical (unpaired) electrons. The Morgan fingerprint density at radius 2 is 2.00 bits per heavy atom. The second kappa shape index (κ2) is 5.25. The van der Waals surface area contributed by atoms with E-state index in [0.29, 0.717) is 17.1 Å². The van der Waals surface area contributed by atoms with Crippen LogP contribution in [0.25, 0.3) is 0 Å². The van der Waals surface area contributed by atoms with Gasteiger partial charge in [-0.15, -0.1) is 0 Å². The average molecular weight is 250 g/mol. The van der Waals surface area contributed by atoms with Gasteiger partial charge >= 0.3 is 0 Å². The lowest BCUT2D eigenvalue weighted by Crippen LogP contribution is -2.38. The van der Waals surface area contributed by atoms with Gasteiger partial charge in [0.25, 0.3) is 5.91 Å². The van der Waals surface area contributed by atoms with Crippen molar-refractivity contribution in [3.8, 4) is 0 Å². The van der Waals surface area contributed by atoms with Crippen molar-refractivity contribution in [2.24, 2.45) is 0 Å². The normalized spacial score (nSPS) is 14.9. The molecule has 0 unspecified atom stereocenters. The Balaban J connectivity index is 1.88. The van der Waals surface area contributed by atoms with Crippen LogP contribution in [0.15, 0.2) is 10.5 Å². The van der Waals surface area contributed by atoms with Gasteiger partial charge in [-0.3, -0.25) is 9.59 Å². The molecule has 1 saturated heterocycles. The molecule has 0 atom stereocenters. The third kappa shape index (κ3) is 2.72. The first-order valence-corrected chi connectivity index (χ1v) is 6.21. The van der Waals surface area contributed by atoms with Gasteiger partial charge in [0.2, 0.25) is 5.91 Å². The van der Waals surface area contributed by atoms with Gasteiger partial charge in [0, 0.05) is 13.1 Å². The molecule has 0 aromatic carbocycles. The minimum Gasteiger partial charge on any atom is -0.466 e. The van der Waals surface area contributed by atoms with Gasteiger partial charge in [-0.2, -0.15) is 0 Å². The lowest BCUT2D eigenvalue weighted by Gasteiger charge is -2.15. The van der Waals surface area contributed by atoms with E-state index < -0.39 is 0 Å². The van der Waals surface area contributed by atoms with Crippen LogP contribution < -0.4 is 5.32 Å². The summed E-state index contributed by atoms with van der Waals surface area (Å²) in [6, 6.07) is 1.69. The van der Waals surface area contributed by atoms with E-state index in [4.69, 9.17) is 4.42 Å². The summed E-state index contributed by atoms with van der Waals surface area (Å²) in [4.78, 5) is 25.4. The molecule has 0 saturated carbocycles. The summed E-state index contributed by atoms with van der Waals surface area (Å²) in [7, 11) is 0. The van der Waals surface area contributed by atoms with E-state index in [9.17, 15) is 9.59 Å². The topological polar surface area (TPSA) is 62.6 Å². The number of hydrogen-bond donors (Lipinski definition) is 1. The number of likely N-dealkylation sites (tertiary alicyclic amines) is 1. The second-order valence-electron chi connectivity index (χ2n) is 4.60. The fourth-order valence-electron chi connectivity index (χ4n) is 2.19. The number of nitrogens with zero attached hydrogens (tertiary/aromatic N) is 1. The highest BCUT2D eigenvalue weighted by Crippen LogP contribution is 2.13. The molecule has 1 fully saturated rings. The van der Waals surface area contributed by atoms with Crippen molar-refractivity contribution in [2.45, 2.75) is 26.7 Å². The lowest BCUT2D eigenvalue weighted by molar-refractivity contribution is -0.129. The van der Waals surface area contributed by atoms with E-state index in [2.05, 4.69) is 5.32 Å². The molecule has 1 aromatic rings. The second-order valence-corrected chi connectivity index (χ2v) is 4.60. The van der Waals surface area contributed by atoms with E-state index in [1.54, 1.807) is 24.8 Å². The summed E-state index contributed by atoms with van der Waals surface area (Å²) < 4.78 is 5.29. The van der Waals surface area contributed by atoms with Gasteiger partial charge in [-0.05, 0) is 32.8 Å². The van der Waals surface area contributed by atoms with Crippen LogP contribution in [0.2, 0.25) is 0 Å². The summed E-state index contributed by atoms with van der Waals surface area (Å²) in [5.41, 5.74) is 0.502. The highest BCUT2D eigenvalue weighted by molar-refractivity contribution is 5.97. The monoisotopic (exact) mass is 250 g/mol. The number of hydrogen-bond acceptors (Lipinski definition) is 3. The predicted octanol–water partition coefficient (Wildman–Crippen LogP) is 1.25. The van der Waals surface area contributed by atoms with Crippen LogP contribution in [0.1, 0.15) is 34.7 Å². The molecule has 5 heteroatoms. The molecule has 5 nitrogen and oxygen atoms in total. The van der Waals surface area contributed by atoms with Crippen molar-refractivity contribution in [3.05, 3.63) is 23.2 Å². The summed E-state index contributed by atoms with van der Waals surface area (Å²) in [6.07, 6.45) is 2.11. The first kappa shape index (κ1) is 12.7. The van der Waals surface area contributed by atoms with Crippen molar-refractivity contribution in [2.75, 3.05) is 19.6 Å². The van der Waals surface area contributed by atoms with E-state index in [0.717, 1.165) is 25.9 Å². The van der Waals surface area contributed by atoms with Crippen molar-refractivity contribution in [1.82, 2.24) is 10.2 Å². The van der Waals surface area contributed by atoms with Crippen LogP contribution >= 0.6 is 0 Å². The summed E-state index contributed by atoms with van der Waals surface area (Å²) in [6.45, 7) is 5.20. The third-order valence-corrected chi connectivity index (χ3v) is 3.14. The number of rotatable bonds is 3. The number of furan rings is 1. The van der Waals surface area contributed by atoms with Gasteiger partial charge in [0.05, 0.1) is 12.1 Å². The summed E-state index contributed by atoms with van der Waals surface area (Å²) >= 11 is 0. The van der Waals surface area contributed by atoms with Gasteiger partial charge in [-0.1, -0.05) is 0 Å². The quantitative estimate of drug-likeness (QED) is 0.878. The minimum atomic E-state index is -0.253. The molecule has 98 valence electrons. The Morgan fingerprint density at radius 3 is 2.56 bits per heavy atom. The van der Waals surface area contributed by atoms with Crippen LogP contribution in [0, 0.1) is 13.8 Å². The maximum atomic E-state index is 11.9. The number of aryl methyl sites for hydroxylation is 2. The largest absolute Gasteiger partial charge is 0.466 e. The zero-order valence-corrected chi connectivity index (χ0v) is 10.8. The zero-order valence-electron chi connectivity index (χ0n) is 10.8. The Morgan fingerprint density at radius 1 is 1.33 bits per heavy atom. The first-order chi connectivity index (χ1) is 8.58. The number of carbonyl (C=O) groups is 2. The van der Waals surface area contributed by atoms with Gasteiger partial charge in [0.1, 0.15) is 11.5 Å². The van der Waals surface area contributed by atoms with Crippen LogP contribution in [-0.2, 0) is 4.79 Å². The van der Waals surface area contributed by atoms with E-state index in [1.165, 1.54) is 0 Å². The molecule has 2 rings (SSSR count). The van der Waals surface area contributed by atoms with E-state index in [-0.39, 0.29) is 18.4 Å². The SMILES string of the molecule is Cc1cc(C(=O)NCC(=O)N2CCCC2)c(C)o1. The van der Waals surface area contributed by atoms with Gasteiger partial charge < -0.3 is 14.6 Å². The highest BCUT2D eigenvalue weighted by Gasteiger charge is 2.19. The molecule has 0 bridgehead atoms. The summed E-state index contributed by atoms with van der Waals surface area (Å²) in [5.74, 6) is 1.01. The third-order valence-electron chi connectivity index (χ3n) is 3.14. The van der Waals surface area contributed by atoms with Crippen LogP contribution in [0.5, 0.6) is 0 Å². The molecule has 2 heterocycles. The highest BCUT2D eigenvalue weighted by atomic mass is 16.3. The zero-order chi connectivity index (χ0) is 13.1. The molecular weight excluding hydrogens is 232 g/mol. The van der Waals surface area contributed by atoms with Crippen LogP contribution in [-0.4, -0.2) is 36.3 Å². The van der Waals surface area contributed by atoms with Crippen molar-refractivity contribution in [3.63, 3.8) is 0 Å². The lowest BCUT2D eigenvalue weighted by atomic mass is 10.2. The molecular formula is C13H18N2O3. The molecule has 1 aliphatic heterocycles. The maximum Gasteiger partial charge on any atom is 0.255 e. The molecule has 1 aromatic heterocycles. The average Bonchev–Trinajstić information content (AvgIpc) is 2.95. The fourth-order valence-corrected chi connectivity index (χ4v) is 2.19. The number of carbonyl (C=O) groups excluding carboxylic acids is 2. The minimum absolute atomic E-state index is 0.0151.